The summed E-state index contributed by atoms with van der Waals surface area (Å²) in [6.07, 6.45) is 6.93. The van der Waals surface area contributed by atoms with Crippen LogP contribution in [-0.2, 0) is 22.4 Å². The summed E-state index contributed by atoms with van der Waals surface area (Å²) in [5, 5.41) is 17.1. The van der Waals surface area contributed by atoms with E-state index in [1.807, 2.05) is 11.8 Å². The Morgan fingerprint density at radius 1 is 1.16 bits per heavy atom. The minimum absolute atomic E-state index is 0.0819. The number of anilines is 2. The van der Waals surface area contributed by atoms with E-state index < -0.39 is 0 Å². The highest BCUT2D eigenvalue weighted by Gasteiger charge is 2.42. The monoisotopic (exact) mass is 556 g/mol. The van der Waals surface area contributed by atoms with Gasteiger partial charge in [-0.2, -0.15) is 11.8 Å². The van der Waals surface area contributed by atoms with Crippen molar-refractivity contribution in [2.75, 3.05) is 22.9 Å². The molecule has 2 aliphatic heterocycles. The molecule has 4 unspecified atom stereocenters. The molecule has 202 valence electrons. The number of nitrogens with one attached hydrogen (secondary N) is 5. The second kappa shape index (κ2) is 11.7. The number of amides is 4. The van der Waals surface area contributed by atoms with Crippen LogP contribution in [0.2, 0.25) is 0 Å². The van der Waals surface area contributed by atoms with E-state index in [0.29, 0.717) is 33.2 Å². The first-order valence-corrected chi connectivity index (χ1v) is 14.7. The number of hydrogen-bond acceptors (Lipinski definition) is 9. The molecule has 4 amide bonds. The minimum Gasteiger partial charge on any atom is -0.366 e. The molecule has 38 heavy (non-hydrogen) atoms. The molecular formula is C25H32N8O3S2. The molecule has 2 fully saturated rings. The third-order valence-corrected chi connectivity index (χ3v) is 9.63. The lowest BCUT2D eigenvalue weighted by atomic mass is 9.97. The number of urea groups is 1. The number of fused-ring (bicyclic) bond motifs is 2. The molecule has 5 rings (SSSR count). The first-order chi connectivity index (χ1) is 18.4. The van der Waals surface area contributed by atoms with Crippen LogP contribution in [-0.4, -0.2) is 68.5 Å². The van der Waals surface area contributed by atoms with Gasteiger partial charge in [0, 0.05) is 40.0 Å². The Morgan fingerprint density at radius 2 is 2.03 bits per heavy atom. The molecule has 4 heterocycles. The van der Waals surface area contributed by atoms with E-state index in [4.69, 9.17) is 0 Å². The molecule has 4 atom stereocenters. The largest absolute Gasteiger partial charge is 0.366 e. The molecule has 11 nitrogen and oxygen atoms in total. The molecule has 13 heteroatoms. The Morgan fingerprint density at radius 3 is 2.89 bits per heavy atom. The number of unbranched alkanes of at least 4 members (excludes halogenated alkanes) is 1. The van der Waals surface area contributed by atoms with Crippen LogP contribution in [0, 0.1) is 0 Å². The SMILES string of the molecule is C=c1ncnc(NC2CCc3nc(NC(=O)CNC(=O)CCCCC4SCC5NC(=O)NC54)sc3C2)c1=C. The van der Waals surface area contributed by atoms with E-state index in [1.54, 1.807) is 0 Å². The lowest BCUT2D eigenvalue weighted by Crippen LogP contribution is -2.36. The van der Waals surface area contributed by atoms with Gasteiger partial charge in [-0.25, -0.2) is 19.7 Å². The van der Waals surface area contributed by atoms with Crippen LogP contribution in [0.3, 0.4) is 0 Å². The number of carbonyl (C=O) groups excluding carboxylic acids is 3. The molecular weight excluding hydrogens is 524 g/mol. The zero-order valence-corrected chi connectivity index (χ0v) is 22.7. The zero-order valence-electron chi connectivity index (χ0n) is 21.0. The Labute approximate surface area is 228 Å². The second-order valence-electron chi connectivity index (χ2n) is 9.81. The fourth-order valence-electron chi connectivity index (χ4n) is 5.02. The first-order valence-electron chi connectivity index (χ1n) is 12.8. The Balaban J connectivity index is 1.00. The van der Waals surface area contributed by atoms with E-state index in [1.165, 1.54) is 17.7 Å². The Kier molecular flexibility index (Phi) is 8.12. The maximum atomic E-state index is 12.4. The summed E-state index contributed by atoms with van der Waals surface area (Å²) in [6.45, 7) is 7.78. The van der Waals surface area contributed by atoms with Crippen molar-refractivity contribution in [2.45, 2.75) is 68.3 Å². The molecule has 1 aliphatic carbocycles. The third kappa shape index (κ3) is 6.26. The van der Waals surface area contributed by atoms with E-state index in [9.17, 15) is 14.4 Å². The summed E-state index contributed by atoms with van der Waals surface area (Å²) in [5.41, 5.74) is 1.00. The van der Waals surface area contributed by atoms with Gasteiger partial charge in [0.05, 0.1) is 29.7 Å². The van der Waals surface area contributed by atoms with Crippen LogP contribution in [0.15, 0.2) is 6.33 Å². The van der Waals surface area contributed by atoms with Crippen molar-refractivity contribution in [3.05, 3.63) is 27.5 Å². The molecule has 0 saturated carbocycles. The van der Waals surface area contributed by atoms with Crippen molar-refractivity contribution >= 4 is 65.1 Å². The number of aryl methyl sites for hydroxylation is 1. The minimum atomic E-state index is -0.289. The number of thiazole rings is 1. The topological polar surface area (TPSA) is 150 Å². The van der Waals surface area contributed by atoms with Gasteiger partial charge in [0.15, 0.2) is 5.13 Å². The highest BCUT2D eigenvalue weighted by Crippen LogP contribution is 2.33. The lowest BCUT2D eigenvalue weighted by Gasteiger charge is -2.22. The van der Waals surface area contributed by atoms with Gasteiger partial charge in [-0.3, -0.25) is 9.59 Å². The molecule has 2 aromatic rings. The Hall–Kier alpha value is -3.19. The van der Waals surface area contributed by atoms with Crippen LogP contribution in [0.1, 0.15) is 42.7 Å². The van der Waals surface area contributed by atoms with Crippen molar-refractivity contribution in [2.24, 2.45) is 0 Å². The van der Waals surface area contributed by atoms with Gasteiger partial charge < -0.3 is 26.6 Å². The average molecular weight is 557 g/mol. The summed E-state index contributed by atoms with van der Waals surface area (Å²) in [7, 11) is 0. The standard InChI is InChI=1S/C25H32N8O3S2/c1-13-14(2)27-12-28-23(13)29-15-7-8-16-19(9-15)38-25(31-16)32-21(35)10-26-20(34)6-4-3-5-18-22-17(11-37-18)30-24(36)33-22/h12,15,17-18,22H,1-11H2,(H,26,34)(H,27,28,29)(H2,30,33,36)(H,31,32,35). The molecule has 0 spiro atoms. The highest BCUT2D eigenvalue weighted by molar-refractivity contribution is 8.00. The van der Waals surface area contributed by atoms with Crippen LogP contribution in [0.4, 0.5) is 15.7 Å². The molecule has 0 radical (unpaired) electrons. The molecule has 3 aliphatic rings. The van der Waals surface area contributed by atoms with Crippen LogP contribution in [0.5, 0.6) is 0 Å². The third-order valence-electron chi connectivity index (χ3n) is 7.09. The number of rotatable bonds is 10. The van der Waals surface area contributed by atoms with Crippen molar-refractivity contribution in [3.8, 4) is 0 Å². The quantitative estimate of drug-likeness (QED) is 0.210. The average Bonchev–Trinajstić information content (AvgIpc) is 3.57. The van der Waals surface area contributed by atoms with Gasteiger partial charge in [0.25, 0.3) is 0 Å². The number of aromatic nitrogens is 3. The van der Waals surface area contributed by atoms with E-state index in [2.05, 4.69) is 54.7 Å². The normalized spacial score (nSPS) is 23.6. The van der Waals surface area contributed by atoms with Crippen molar-refractivity contribution in [3.63, 3.8) is 0 Å². The number of hydrogen-bond donors (Lipinski definition) is 5. The highest BCUT2D eigenvalue weighted by atomic mass is 32.2. The molecule has 2 saturated heterocycles. The van der Waals surface area contributed by atoms with Crippen LogP contribution < -0.4 is 37.2 Å². The summed E-state index contributed by atoms with van der Waals surface area (Å²) in [6, 6.07) is 0.504. The van der Waals surface area contributed by atoms with Gasteiger partial charge in [-0.1, -0.05) is 19.6 Å². The first kappa shape index (κ1) is 26.4. The Bertz CT molecular complexity index is 1320. The van der Waals surface area contributed by atoms with Crippen molar-refractivity contribution in [1.82, 2.24) is 30.9 Å². The predicted octanol–water partition coefficient (Wildman–Crippen LogP) is 0.504. The van der Waals surface area contributed by atoms with Crippen LogP contribution in [0.25, 0.3) is 13.2 Å². The smallest absolute Gasteiger partial charge is 0.315 e. The summed E-state index contributed by atoms with van der Waals surface area (Å²) < 4.78 is 0. The van der Waals surface area contributed by atoms with Gasteiger partial charge in [0.1, 0.15) is 12.1 Å². The van der Waals surface area contributed by atoms with Gasteiger partial charge in [-0.05, 0) is 25.7 Å². The van der Waals surface area contributed by atoms with E-state index in [0.717, 1.165) is 54.8 Å². The van der Waals surface area contributed by atoms with E-state index >= 15 is 0 Å². The zero-order chi connectivity index (χ0) is 26.6. The lowest BCUT2D eigenvalue weighted by molar-refractivity contribution is -0.124. The molecule has 0 bridgehead atoms. The van der Waals surface area contributed by atoms with Gasteiger partial charge in [-0.15, -0.1) is 11.3 Å². The predicted molar refractivity (Wildman–Crippen MR) is 149 cm³/mol. The van der Waals surface area contributed by atoms with Crippen LogP contribution >= 0.6 is 23.1 Å². The summed E-state index contributed by atoms with van der Waals surface area (Å²) in [5.74, 6) is 1.20. The number of thioether (sulfide) groups is 1. The summed E-state index contributed by atoms with van der Waals surface area (Å²) >= 11 is 3.34. The fourth-order valence-corrected chi connectivity index (χ4v) is 7.67. The van der Waals surface area contributed by atoms with E-state index in [-0.39, 0.29) is 42.5 Å². The van der Waals surface area contributed by atoms with Crippen molar-refractivity contribution < 1.29 is 14.4 Å². The maximum Gasteiger partial charge on any atom is 0.315 e. The number of nitrogens with zero attached hydrogens (tertiary/aromatic N) is 3. The van der Waals surface area contributed by atoms with Gasteiger partial charge >= 0.3 is 6.03 Å². The molecule has 0 aromatic carbocycles. The van der Waals surface area contributed by atoms with Gasteiger partial charge in [0.2, 0.25) is 11.8 Å². The second-order valence-corrected chi connectivity index (χ2v) is 12.2. The fraction of sp³-hybridized carbons (Fsp3) is 0.520. The summed E-state index contributed by atoms with van der Waals surface area (Å²) in [4.78, 5) is 50.1. The molecule has 2 aromatic heterocycles. The molecule has 5 N–H and O–H groups in total. The van der Waals surface area contributed by atoms with Crippen molar-refractivity contribution in [1.29, 1.82) is 0 Å². The number of carbonyl (C=O) groups is 3. The maximum absolute atomic E-state index is 12.4.